The maximum atomic E-state index is 13.1. The number of ether oxygens (including phenoxy) is 2. The van der Waals surface area contributed by atoms with Crippen molar-refractivity contribution in [3.63, 3.8) is 0 Å². The average molecular weight is 377 g/mol. The van der Waals surface area contributed by atoms with Crippen molar-refractivity contribution in [2.45, 2.75) is 19.1 Å². The molecule has 2 aliphatic rings. The van der Waals surface area contributed by atoms with Gasteiger partial charge in [0.1, 0.15) is 18.1 Å². The fourth-order valence-electron chi connectivity index (χ4n) is 3.45. The molecule has 0 amide bonds. The molecular formula is C19H18F3N3O2. The first kappa shape index (κ1) is 17.5. The highest BCUT2D eigenvalue weighted by Crippen LogP contribution is 2.42. The summed E-state index contributed by atoms with van der Waals surface area (Å²) in [4.78, 5) is 6.14. The Kier molecular flexibility index (Phi) is 4.13. The standard InChI is InChI=1S/C19H18F3N3O2/c1-12-9-24(11-23-12)15-4-3-7-25(18(15)26-2)16-10-27-17-6-5-13(8-14(16)17)19(20,21)22/h3-6,8-9,11,16H,7,10H2,1-2H3/t16-/m0/s1. The number of imidazole rings is 1. The summed E-state index contributed by atoms with van der Waals surface area (Å²) < 4.78 is 52.5. The van der Waals surface area contributed by atoms with Crippen LogP contribution in [-0.4, -0.2) is 34.7 Å². The summed E-state index contributed by atoms with van der Waals surface area (Å²) in [6.45, 7) is 2.64. The van der Waals surface area contributed by atoms with Crippen molar-refractivity contribution >= 4 is 5.70 Å². The molecule has 3 heterocycles. The Morgan fingerprint density at radius 3 is 2.78 bits per heavy atom. The van der Waals surface area contributed by atoms with E-state index in [9.17, 15) is 13.2 Å². The zero-order valence-corrected chi connectivity index (χ0v) is 14.8. The highest BCUT2D eigenvalue weighted by atomic mass is 19.4. The third kappa shape index (κ3) is 3.05. The summed E-state index contributed by atoms with van der Waals surface area (Å²) in [5.41, 5.74) is 1.45. The number of nitrogens with zero attached hydrogens (tertiary/aromatic N) is 3. The van der Waals surface area contributed by atoms with Crippen LogP contribution in [0.15, 0.2) is 48.8 Å². The van der Waals surface area contributed by atoms with Gasteiger partial charge in [0, 0.05) is 18.3 Å². The maximum Gasteiger partial charge on any atom is 0.416 e. The van der Waals surface area contributed by atoms with Gasteiger partial charge < -0.3 is 18.9 Å². The van der Waals surface area contributed by atoms with Gasteiger partial charge in [0.05, 0.1) is 30.7 Å². The van der Waals surface area contributed by atoms with Crippen molar-refractivity contribution in [3.05, 3.63) is 65.6 Å². The van der Waals surface area contributed by atoms with Crippen molar-refractivity contribution < 1.29 is 22.6 Å². The van der Waals surface area contributed by atoms with E-state index in [0.717, 1.165) is 17.5 Å². The zero-order chi connectivity index (χ0) is 19.2. The van der Waals surface area contributed by atoms with Gasteiger partial charge in [-0.2, -0.15) is 13.2 Å². The van der Waals surface area contributed by atoms with Crippen LogP contribution in [0.3, 0.4) is 0 Å². The van der Waals surface area contributed by atoms with Crippen molar-refractivity contribution in [1.82, 2.24) is 14.5 Å². The van der Waals surface area contributed by atoms with Crippen LogP contribution in [0.1, 0.15) is 22.9 Å². The molecule has 0 aliphatic carbocycles. The molecule has 0 unspecified atom stereocenters. The normalized spacial score (nSPS) is 19.3. The summed E-state index contributed by atoms with van der Waals surface area (Å²) in [5, 5.41) is 0. The highest BCUT2D eigenvalue weighted by molar-refractivity contribution is 5.61. The Balaban J connectivity index is 1.75. The van der Waals surface area contributed by atoms with E-state index in [0.29, 0.717) is 23.7 Å². The van der Waals surface area contributed by atoms with Crippen molar-refractivity contribution in [2.24, 2.45) is 0 Å². The van der Waals surface area contributed by atoms with Crippen LogP contribution >= 0.6 is 0 Å². The van der Waals surface area contributed by atoms with Gasteiger partial charge in [-0.1, -0.05) is 6.08 Å². The molecule has 1 atom stereocenters. The molecule has 0 saturated heterocycles. The SMILES string of the molecule is COC1=C(n2cnc(C)c2)C=CCN1[C@H]1COc2ccc(C(F)(F)F)cc21. The van der Waals surface area contributed by atoms with Crippen LogP contribution < -0.4 is 4.74 Å². The molecule has 4 rings (SSSR count). The molecule has 5 nitrogen and oxygen atoms in total. The van der Waals surface area contributed by atoms with E-state index in [1.807, 2.05) is 34.7 Å². The number of fused-ring (bicyclic) bond motifs is 1. The van der Waals surface area contributed by atoms with E-state index in [2.05, 4.69) is 4.98 Å². The molecule has 0 bridgehead atoms. The molecule has 0 saturated carbocycles. The second kappa shape index (κ2) is 6.37. The second-order valence-corrected chi connectivity index (χ2v) is 6.45. The zero-order valence-electron chi connectivity index (χ0n) is 14.8. The molecule has 0 fully saturated rings. The number of halogens is 3. The van der Waals surface area contributed by atoms with Crippen LogP contribution in [0.5, 0.6) is 5.75 Å². The average Bonchev–Trinajstić information content (AvgIpc) is 3.25. The van der Waals surface area contributed by atoms with Gasteiger partial charge >= 0.3 is 6.18 Å². The molecular weight excluding hydrogens is 359 g/mol. The number of allylic oxidation sites excluding steroid dienone is 2. The van der Waals surface area contributed by atoms with Crippen LogP contribution in [0.2, 0.25) is 0 Å². The Morgan fingerprint density at radius 2 is 2.11 bits per heavy atom. The number of aromatic nitrogens is 2. The van der Waals surface area contributed by atoms with Crippen LogP contribution in [0, 0.1) is 6.92 Å². The number of aryl methyl sites for hydroxylation is 1. The Morgan fingerprint density at radius 1 is 1.30 bits per heavy atom. The number of benzene rings is 1. The summed E-state index contributed by atoms with van der Waals surface area (Å²) in [5.74, 6) is 1.03. The van der Waals surface area contributed by atoms with E-state index in [-0.39, 0.29) is 12.6 Å². The van der Waals surface area contributed by atoms with Crippen molar-refractivity contribution in [3.8, 4) is 5.75 Å². The van der Waals surface area contributed by atoms with Crippen LogP contribution in [0.25, 0.3) is 5.70 Å². The highest BCUT2D eigenvalue weighted by Gasteiger charge is 2.37. The van der Waals surface area contributed by atoms with Crippen LogP contribution in [0.4, 0.5) is 13.2 Å². The second-order valence-electron chi connectivity index (χ2n) is 6.45. The summed E-state index contributed by atoms with van der Waals surface area (Å²) >= 11 is 0. The van der Waals surface area contributed by atoms with E-state index >= 15 is 0 Å². The number of hydrogen-bond donors (Lipinski definition) is 0. The van der Waals surface area contributed by atoms with E-state index in [1.54, 1.807) is 13.4 Å². The van der Waals surface area contributed by atoms with Gasteiger partial charge in [-0.3, -0.25) is 0 Å². The van der Waals surface area contributed by atoms with E-state index in [4.69, 9.17) is 9.47 Å². The van der Waals surface area contributed by atoms with Gasteiger partial charge in [0.15, 0.2) is 0 Å². The van der Waals surface area contributed by atoms with Gasteiger partial charge in [-0.15, -0.1) is 0 Å². The number of alkyl halides is 3. The minimum atomic E-state index is -4.40. The molecule has 2 aromatic rings. The minimum Gasteiger partial charge on any atom is -0.491 e. The molecule has 8 heteroatoms. The lowest BCUT2D eigenvalue weighted by molar-refractivity contribution is -0.137. The van der Waals surface area contributed by atoms with Crippen molar-refractivity contribution in [1.29, 1.82) is 0 Å². The molecule has 0 radical (unpaired) electrons. The van der Waals surface area contributed by atoms with E-state index < -0.39 is 11.7 Å². The molecule has 2 aliphatic heterocycles. The lowest BCUT2D eigenvalue weighted by atomic mass is 10.0. The minimum absolute atomic E-state index is 0.258. The third-order valence-electron chi connectivity index (χ3n) is 4.71. The predicted octanol–water partition coefficient (Wildman–Crippen LogP) is 3.99. The number of rotatable bonds is 3. The molecule has 1 aromatic carbocycles. The smallest absolute Gasteiger partial charge is 0.416 e. The molecule has 27 heavy (non-hydrogen) atoms. The van der Waals surface area contributed by atoms with E-state index in [1.165, 1.54) is 12.1 Å². The van der Waals surface area contributed by atoms with Crippen LogP contribution in [-0.2, 0) is 10.9 Å². The first-order valence-electron chi connectivity index (χ1n) is 8.45. The lowest BCUT2D eigenvalue weighted by Gasteiger charge is -2.33. The largest absolute Gasteiger partial charge is 0.491 e. The molecule has 142 valence electrons. The monoisotopic (exact) mass is 377 g/mol. The first-order valence-corrected chi connectivity index (χ1v) is 8.45. The van der Waals surface area contributed by atoms with Gasteiger partial charge in [0.2, 0.25) is 5.88 Å². The lowest BCUT2D eigenvalue weighted by Crippen LogP contribution is -2.33. The maximum absolute atomic E-state index is 13.1. The first-order chi connectivity index (χ1) is 12.9. The molecule has 1 aromatic heterocycles. The Bertz CT molecular complexity index is 931. The molecule has 0 N–H and O–H groups in total. The fraction of sp³-hybridized carbons (Fsp3) is 0.316. The Labute approximate surface area is 154 Å². The van der Waals surface area contributed by atoms with Gasteiger partial charge in [0.25, 0.3) is 0 Å². The summed E-state index contributed by atoms with van der Waals surface area (Å²) in [6, 6.07) is 3.22. The predicted molar refractivity (Wildman–Crippen MR) is 92.7 cm³/mol. The molecule has 0 spiro atoms. The summed E-state index contributed by atoms with van der Waals surface area (Å²) in [6.07, 6.45) is 3.00. The topological polar surface area (TPSA) is 39.5 Å². The number of methoxy groups -OCH3 is 1. The fourth-order valence-corrected chi connectivity index (χ4v) is 3.45. The third-order valence-corrected chi connectivity index (χ3v) is 4.71. The number of hydrogen-bond acceptors (Lipinski definition) is 4. The van der Waals surface area contributed by atoms with Crippen molar-refractivity contribution in [2.75, 3.05) is 20.3 Å². The Hall–Kier alpha value is -2.90. The summed E-state index contributed by atoms with van der Waals surface area (Å²) in [7, 11) is 1.55. The van der Waals surface area contributed by atoms with Gasteiger partial charge in [-0.25, -0.2) is 4.98 Å². The van der Waals surface area contributed by atoms with Gasteiger partial charge in [-0.05, 0) is 31.2 Å². The quantitative estimate of drug-likeness (QED) is 0.811.